The van der Waals surface area contributed by atoms with Crippen LogP contribution in [0.3, 0.4) is 0 Å². The van der Waals surface area contributed by atoms with Crippen LogP contribution in [-0.2, 0) is 17.1 Å². The number of carboxylic acid groups (broad SMARTS) is 1. The van der Waals surface area contributed by atoms with E-state index in [9.17, 15) is 36.2 Å². The summed E-state index contributed by atoms with van der Waals surface area (Å²) in [5.74, 6) is -3.27. The van der Waals surface area contributed by atoms with Gasteiger partial charge in [0.1, 0.15) is 5.92 Å². The number of hydrogen-bond acceptors (Lipinski definition) is 5. The van der Waals surface area contributed by atoms with Crippen molar-refractivity contribution in [3.63, 3.8) is 0 Å². The number of ether oxygens (including phenoxy) is 1. The minimum atomic E-state index is -5.06. The van der Waals surface area contributed by atoms with Gasteiger partial charge < -0.3 is 15.6 Å². The SMILES string of the molecule is COc1ccc(C(/C=N\N=C(N)c2cc(C(F)(F)F)cc(C(F)(F)F)c2)C(=O)O)cn1. The molecule has 0 bridgehead atoms. The van der Waals surface area contributed by atoms with E-state index in [0.717, 1.165) is 6.21 Å². The Hall–Kier alpha value is -3.64. The van der Waals surface area contributed by atoms with E-state index in [0.29, 0.717) is 12.1 Å². The highest BCUT2D eigenvalue weighted by Crippen LogP contribution is 2.36. The Bertz CT molecular complexity index is 969. The summed E-state index contributed by atoms with van der Waals surface area (Å²) in [6.07, 6.45) is -8.12. The second-order valence-corrected chi connectivity index (χ2v) is 5.99. The molecule has 0 fully saturated rings. The molecule has 1 atom stereocenters. The van der Waals surface area contributed by atoms with E-state index in [1.165, 1.54) is 25.4 Å². The third kappa shape index (κ3) is 6.17. The monoisotopic (exact) mass is 448 g/mol. The molecule has 0 amide bonds. The Balaban J connectivity index is 2.38. The summed E-state index contributed by atoms with van der Waals surface area (Å²) < 4.78 is 82.4. The van der Waals surface area contributed by atoms with Gasteiger partial charge in [-0.05, 0) is 23.8 Å². The molecular formula is C18H14F6N4O3. The lowest BCUT2D eigenvalue weighted by atomic mass is 10.0. The summed E-state index contributed by atoms with van der Waals surface area (Å²) in [6, 6.07) is 3.47. The number of benzene rings is 1. The first-order chi connectivity index (χ1) is 14.3. The van der Waals surface area contributed by atoms with Gasteiger partial charge in [-0.1, -0.05) is 6.07 Å². The largest absolute Gasteiger partial charge is 0.481 e. The van der Waals surface area contributed by atoms with E-state index < -0.39 is 46.8 Å². The molecule has 1 aromatic carbocycles. The summed E-state index contributed by atoms with van der Waals surface area (Å²) in [5, 5.41) is 16.1. The zero-order valence-corrected chi connectivity index (χ0v) is 15.6. The number of aliphatic carboxylic acids is 1. The zero-order valence-electron chi connectivity index (χ0n) is 15.6. The molecule has 1 heterocycles. The van der Waals surface area contributed by atoms with Crippen molar-refractivity contribution < 1.29 is 41.0 Å². The lowest BCUT2D eigenvalue weighted by Gasteiger charge is -2.13. The number of pyridine rings is 1. The molecule has 13 heteroatoms. The quantitative estimate of drug-likeness (QED) is 0.303. The minimum Gasteiger partial charge on any atom is -0.481 e. The van der Waals surface area contributed by atoms with Crippen molar-refractivity contribution in [2.24, 2.45) is 15.9 Å². The van der Waals surface area contributed by atoms with Crippen molar-refractivity contribution in [3.8, 4) is 5.88 Å². The molecule has 0 aliphatic heterocycles. The van der Waals surface area contributed by atoms with Crippen LogP contribution in [0.25, 0.3) is 0 Å². The van der Waals surface area contributed by atoms with Gasteiger partial charge in [-0.3, -0.25) is 4.79 Å². The van der Waals surface area contributed by atoms with Crippen molar-refractivity contribution in [1.82, 2.24) is 4.98 Å². The maximum atomic E-state index is 12.9. The fourth-order valence-electron chi connectivity index (χ4n) is 2.31. The van der Waals surface area contributed by atoms with E-state index in [1.807, 2.05) is 0 Å². The molecular weight excluding hydrogens is 434 g/mol. The number of alkyl halides is 6. The second-order valence-electron chi connectivity index (χ2n) is 5.99. The van der Waals surface area contributed by atoms with Crippen LogP contribution in [0.5, 0.6) is 5.88 Å². The van der Waals surface area contributed by atoms with Crippen LogP contribution < -0.4 is 10.5 Å². The Morgan fingerprint density at radius 3 is 2.13 bits per heavy atom. The standard InChI is InChI=1S/C18H14F6N4O3/c1-31-14-3-2-9(7-26-14)13(16(29)30)8-27-28-15(25)10-4-11(17(19,20)21)6-12(5-10)18(22,23)24/h2-8,13H,1H3,(H2,25,28)(H,29,30)/b27-8-. The van der Waals surface area contributed by atoms with Crippen LogP contribution in [-0.4, -0.2) is 35.2 Å². The topological polar surface area (TPSA) is 110 Å². The fraction of sp³-hybridized carbons (Fsp3) is 0.222. The van der Waals surface area contributed by atoms with Gasteiger partial charge in [0.15, 0.2) is 5.84 Å². The second kappa shape index (κ2) is 9.02. The van der Waals surface area contributed by atoms with Crippen LogP contribution in [0, 0.1) is 0 Å². The Morgan fingerprint density at radius 2 is 1.71 bits per heavy atom. The molecule has 1 aromatic heterocycles. The van der Waals surface area contributed by atoms with Gasteiger partial charge in [-0.15, -0.1) is 5.10 Å². The highest BCUT2D eigenvalue weighted by molar-refractivity contribution is 5.99. The number of carboxylic acids is 1. The Labute approximate surface area is 170 Å². The number of carbonyl (C=O) groups is 1. The molecule has 7 nitrogen and oxygen atoms in total. The number of rotatable bonds is 6. The van der Waals surface area contributed by atoms with E-state index in [2.05, 4.69) is 15.2 Å². The third-order valence-corrected chi connectivity index (χ3v) is 3.86. The summed E-state index contributed by atoms with van der Waals surface area (Å²) in [5.41, 5.74) is 1.82. The molecule has 0 radical (unpaired) electrons. The number of halogens is 6. The highest BCUT2D eigenvalue weighted by atomic mass is 19.4. The lowest BCUT2D eigenvalue weighted by Crippen LogP contribution is -2.18. The number of nitrogens with two attached hydrogens (primary N) is 1. The molecule has 0 aliphatic rings. The van der Waals surface area contributed by atoms with Gasteiger partial charge in [-0.25, -0.2) is 4.98 Å². The predicted octanol–water partition coefficient (Wildman–Crippen LogP) is 3.69. The number of hydrogen-bond donors (Lipinski definition) is 2. The van der Waals surface area contributed by atoms with Crippen LogP contribution in [0.15, 0.2) is 46.7 Å². The third-order valence-electron chi connectivity index (χ3n) is 3.86. The number of amidine groups is 1. The molecule has 2 aromatic rings. The van der Waals surface area contributed by atoms with Gasteiger partial charge in [0.2, 0.25) is 5.88 Å². The van der Waals surface area contributed by atoms with Crippen molar-refractivity contribution in [2.45, 2.75) is 18.3 Å². The van der Waals surface area contributed by atoms with Crippen LogP contribution in [0.4, 0.5) is 26.3 Å². The highest BCUT2D eigenvalue weighted by Gasteiger charge is 2.37. The van der Waals surface area contributed by atoms with Crippen LogP contribution in [0.2, 0.25) is 0 Å². The number of nitrogens with zero attached hydrogens (tertiary/aromatic N) is 3. The average molecular weight is 448 g/mol. The average Bonchev–Trinajstić information content (AvgIpc) is 2.69. The zero-order chi connectivity index (χ0) is 23.4. The van der Waals surface area contributed by atoms with E-state index in [4.69, 9.17) is 10.5 Å². The first kappa shape index (κ1) is 23.6. The lowest BCUT2D eigenvalue weighted by molar-refractivity contribution is -0.143. The maximum Gasteiger partial charge on any atom is 0.416 e. The number of aromatic nitrogens is 1. The minimum absolute atomic E-state index is 0.0583. The van der Waals surface area contributed by atoms with E-state index in [1.54, 1.807) is 0 Å². The molecule has 0 spiro atoms. The van der Waals surface area contributed by atoms with E-state index >= 15 is 0 Å². The Morgan fingerprint density at radius 1 is 1.13 bits per heavy atom. The first-order valence-electron chi connectivity index (χ1n) is 8.22. The fourth-order valence-corrected chi connectivity index (χ4v) is 2.31. The van der Waals surface area contributed by atoms with Crippen molar-refractivity contribution in [2.75, 3.05) is 7.11 Å². The summed E-state index contributed by atoms with van der Waals surface area (Å²) in [6.45, 7) is 0. The molecule has 31 heavy (non-hydrogen) atoms. The van der Waals surface area contributed by atoms with Gasteiger partial charge in [-0.2, -0.15) is 31.4 Å². The molecule has 0 saturated heterocycles. The first-order valence-corrected chi connectivity index (χ1v) is 8.22. The summed E-state index contributed by atoms with van der Waals surface area (Å²) in [4.78, 5) is 15.3. The maximum absolute atomic E-state index is 12.9. The van der Waals surface area contributed by atoms with Gasteiger partial charge >= 0.3 is 18.3 Å². The van der Waals surface area contributed by atoms with Crippen LogP contribution in [0.1, 0.15) is 28.2 Å². The molecule has 0 saturated carbocycles. The van der Waals surface area contributed by atoms with Gasteiger partial charge in [0.25, 0.3) is 0 Å². The molecule has 2 rings (SSSR count). The molecule has 1 unspecified atom stereocenters. The van der Waals surface area contributed by atoms with Gasteiger partial charge in [0, 0.05) is 24.0 Å². The normalized spacial score (nSPS) is 14.0. The molecule has 0 aliphatic carbocycles. The number of methoxy groups -OCH3 is 1. The Kier molecular flexibility index (Phi) is 6.88. The van der Waals surface area contributed by atoms with Crippen molar-refractivity contribution in [3.05, 3.63) is 58.8 Å². The molecule has 3 N–H and O–H groups in total. The summed E-state index contributed by atoms with van der Waals surface area (Å²) >= 11 is 0. The van der Waals surface area contributed by atoms with E-state index in [-0.39, 0.29) is 17.5 Å². The smallest absolute Gasteiger partial charge is 0.416 e. The van der Waals surface area contributed by atoms with Crippen molar-refractivity contribution in [1.29, 1.82) is 0 Å². The van der Waals surface area contributed by atoms with Gasteiger partial charge in [0.05, 0.1) is 18.2 Å². The predicted molar refractivity (Wildman–Crippen MR) is 96.8 cm³/mol. The molecule has 166 valence electrons. The summed E-state index contributed by atoms with van der Waals surface area (Å²) in [7, 11) is 1.35. The van der Waals surface area contributed by atoms with Crippen molar-refractivity contribution >= 4 is 18.0 Å². The van der Waals surface area contributed by atoms with Crippen LogP contribution >= 0.6 is 0 Å².